The first-order chi connectivity index (χ1) is 9.17. The SMILES string of the molecule is COc1ccc(-c2nc3cc(F)ccc3s2)cc1F. The van der Waals surface area contributed by atoms with Crippen LogP contribution in [0.2, 0.25) is 0 Å². The number of hydrogen-bond donors (Lipinski definition) is 0. The second-order valence-corrected chi connectivity index (χ2v) is 5.01. The third-order valence-electron chi connectivity index (χ3n) is 2.75. The molecule has 0 atom stereocenters. The maximum Gasteiger partial charge on any atom is 0.165 e. The number of ether oxygens (including phenoxy) is 1. The zero-order valence-electron chi connectivity index (χ0n) is 9.98. The third kappa shape index (κ3) is 2.17. The number of aromatic nitrogens is 1. The number of nitrogens with zero attached hydrogens (tertiary/aromatic N) is 1. The first-order valence-electron chi connectivity index (χ1n) is 5.57. The monoisotopic (exact) mass is 277 g/mol. The number of fused-ring (bicyclic) bond motifs is 1. The maximum atomic E-state index is 13.6. The van der Waals surface area contributed by atoms with E-state index in [0.29, 0.717) is 16.1 Å². The molecule has 2 nitrogen and oxygen atoms in total. The summed E-state index contributed by atoms with van der Waals surface area (Å²) < 4.78 is 32.5. The molecule has 0 aliphatic carbocycles. The molecule has 0 saturated heterocycles. The molecule has 0 unspecified atom stereocenters. The minimum atomic E-state index is -0.439. The molecule has 0 N–H and O–H groups in total. The molecule has 0 fully saturated rings. The van der Waals surface area contributed by atoms with Crippen LogP contribution < -0.4 is 4.74 Å². The summed E-state index contributed by atoms with van der Waals surface area (Å²) in [5, 5.41) is 0.655. The van der Waals surface area contributed by atoms with Gasteiger partial charge in [-0.2, -0.15) is 0 Å². The van der Waals surface area contributed by atoms with E-state index in [9.17, 15) is 8.78 Å². The van der Waals surface area contributed by atoms with Crippen molar-refractivity contribution in [2.75, 3.05) is 7.11 Å². The summed E-state index contributed by atoms with van der Waals surface area (Å²) in [6.07, 6.45) is 0. The van der Waals surface area contributed by atoms with E-state index < -0.39 is 5.82 Å². The van der Waals surface area contributed by atoms with Gasteiger partial charge in [0.1, 0.15) is 10.8 Å². The summed E-state index contributed by atoms with van der Waals surface area (Å²) in [6, 6.07) is 9.08. The molecular formula is C14H9F2NOS. The Morgan fingerprint density at radius 3 is 2.68 bits per heavy atom. The molecule has 96 valence electrons. The van der Waals surface area contributed by atoms with Gasteiger partial charge in [-0.05, 0) is 30.3 Å². The standard InChI is InChI=1S/C14H9F2NOS/c1-18-12-4-2-8(6-10(12)16)14-17-11-7-9(15)3-5-13(11)19-14/h2-7H,1H3. The van der Waals surface area contributed by atoms with Crippen LogP contribution in [0, 0.1) is 11.6 Å². The topological polar surface area (TPSA) is 22.1 Å². The Bertz CT molecular complexity index is 754. The van der Waals surface area contributed by atoms with Crippen LogP contribution in [0.5, 0.6) is 5.75 Å². The van der Waals surface area contributed by atoms with E-state index in [0.717, 1.165) is 4.70 Å². The van der Waals surface area contributed by atoms with Crippen molar-refractivity contribution in [1.29, 1.82) is 0 Å². The Morgan fingerprint density at radius 2 is 1.95 bits per heavy atom. The molecule has 19 heavy (non-hydrogen) atoms. The molecule has 1 heterocycles. The highest BCUT2D eigenvalue weighted by molar-refractivity contribution is 7.21. The van der Waals surface area contributed by atoms with Crippen LogP contribution in [0.15, 0.2) is 36.4 Å². The molecular weight excluding hydrogens is 268 g/mol. The highest BCUT2D eigenvalue weighted by Gasteiger charge is 2.10. The zero-order valence-corrected chi connectivity index (χ0v) is 10.8. The van der Waals surface area contributed by atoms with Crippen LogP contribution in [0.25, 0.3) is 20.8 Å². The van der Waals surface area contributed by atoms with Crippen molar-refractivity contribution in [1.82, 2.24) is 4.98 Å². The Kier molecular flexibility index (Phi) is 2.91. The molecule has 2 aromatic carbocycles. The van der Waals surface area contributed by atoms with Crippen molar-refractivity contribution >= 4 is 21.6 Å². The molecule has 1 aromatic heterocycles. The average Bonchev–Trinajstić information content (AvgIpc) is 2.81. The van der Waals surface area contributed by atoms with Crippen LogP contribution in [-0.4, -0.2) is 12.1 Å². The summed E-state index contributed by atoms with van der Waals surface area (Å²) in [4.78, 5) is 4.31. The molecule has 0 amide bonds. The van der Waals surface area contributed by atoms with Crippen molar-refractivity contribution in [3.05, 3.63) is 48.0 Å². The van der Waals surface area contributed by atoms with E-state index in [1.807, 2.05) is 0 Å². The molecule has 5 heteroatoms. The lowest BCUT2D eigenvalue weighted by Crippen LogP contribution is -1.88. The van der Waals surface area contributed by atoms with E-state index in [2.05, 4.69) is 4.98 Å². The molecule has 0 bridgehead atoms. The highest BCUT2D eigenvalue weighted by Crippen LogP contribution is 2.32. The number of rotatable bonds is 2. The Labute approximate surface area is 112 Å². The second kappa shape index (κ2) is 4.59. The van der Waals surface area contributed by atoms with E-state index in [4.69, 9.17) is 4.74 Å². The molecule has 0 spiro atoms. The first-order valence-corrected chi connectivity index (χ1v) is 6.39. The van der Waals surface area contributed by atoms with E-state index in [1.165, 1.54) is 36.6 Å². The minimum Gasteiger partial charge on any atom is -0.494 e. The van der Waals surface area contributed by atoms with Crippen LogP contribution in [0.3, 0.4) is 0 Å². The average molecular weight is 277 g/mol. The summed E-state index contributed by atoms with van der Waals surface area (Å²) >= 11 is 1.40. The highest BCUT2D eigenvalue weighted by atomic mass is 32.1. The lowest BCUT2D eigenvalue weighted by molar-refractivity contribution is 0.386. The zero-order chi connectivity index (χ0) is 13.4. The normalized spacial score (nSPS) is 10.9. The van der Waals surface area contributed by atoms with Gasteiger partial charge in [0.05, 0.1) is 17.3 Å². The van der Waals surface area contributed by atoms with Crippen molar-refractivity contribution in [3.63, 3.8) is 0 Å². The van der Waals surface area contributed by atoms with Gasteiger partial charge in [-0.1, -0.05) is 0 Å². The molecule has 0 aliphatic rings. The lowest BCUT2D eigenvalue weighted by Gasteiger charge is -2.02. The Morgan fingerprint density at radius 1 is 1.11 bits per heavy atom. The van der Waals surface area contributed by atoms with Crippen molar-refractivity contribution in [2.24, 2.45) is 0 Å². The number of hydrogen-bond acceptors (Lipinski definition) is 3. The van der Waals surface area contributed by atoms with Gasteiger partial charge >= 0.3 is 0 Å². The Hall–Kier alpha value is -2.01. The van der Waals surface area contributed by atoms with Gasteiger partial charge in [-0.15, -0.1) is 11.3 Å². The summed E-state index contributed by atoms with van der Waals surface area (Å²) in [5.41, 5.74) is 1.23. The fourth-order valence-electron chi connectivity index (χ4n) is 1.82. The fraction of sp³-hybridized carbons (Fsp3) is 0.0714. The van der Waals surface area contributed by atoms with Crippen LogP contribution in [0.1, 0.15) is 0 Å². The second-order valence-electron chi connectivity index (χ2n) is 3.98. The molecule has 3 rings (SSSR count). The van der Waals surface area contributed by atoms with Crippen molar-refractivity contribution in [3.8, 4) is 16.3 Å². The summed E-state index contributed by atoms with van der Waals surface area (Å²) in [5.74, 6) is -0.577. The molecule has 0 radical (unpaired) electrons. The lowest BCUT2D eigenvalue weighted by atomic mass is 10.2. The maximum absolute atomic E-state index is 13.6. The van der Waals surface area contributed by atoms with Gasteiger partial charge in [-0.25, -0.2) is 13.8 Å². The van der Waals surface area contributed by atoms with E-state index in [1.54, 1.807) is 18.2 Å². The van der Waals surface area contributed by atoms with Crippen LogP contribution in [-0.2, 0) is 0 Å². The molecule has 0 aliphatic heterocycles. The van der Waals surface area contributed by atoms with Gasteiger partial charge in [0.25, 0.3) is 0 Å². The predicted octanol–water partition coefficient (Wildman–Crippen LogP) is 4.25. The summed E-state index contributed by atoms with van der Waals surface area (Å²) in [7, 11) is 1.42. The minimum absolute atomic E-state index is 0.191. The van der Waals surface area contributed by atoms with Gasteiger partial charge in [0, 0.05) is 11.6 Å². The van der Waals surface area contributed by atoms with Gasteiger partial charge < -0.3 is 4.74 Å². The number of thiazole rings is 1. The summed E-state index contributed by atoms with van der Waals surface area (Å²) in [6.45, 7) is 0. The van der Waals surface area contributed by atoms with Crippen LogP contribution >= 0.6 is 11.3 Å². The molecule has 3 aromatic rings. The van der Waals surface area contributed by atoms with E-state index >= 15 is 0 Å². The smallest absolute Gasteiger partial charge is 0.165 e. The van der Waals surface area contributed by atoms with Crippen LogP contribution in [0.4, 0.5) is 8.78 Å². The quantitative estimate of drug-likeness (QED) is 0.698. The van der Waals surface area contributed by atoms with Gasteiger partial charge in [0.2, 0.25) is 0 Å². The number of halogens is 2. The van der Waals surface area contributed by atoms with Gasteiger partial charge in [0.15, 0.2) is 11.6 Å². The fourth-order valence-corrected chi connectivity index (χ4v) is 2.77. The Balaban J connectivity index is 2.11. The van der Waals surface area contributed by atoms with E-state index in [-0.39, 0.29) is 11.6 Å². The molecule has 0 saturated carbocycles. The van der Waals surface area contributed by atoms with Crippen molar-refractivity contribution < 1.29 is 13.5 Å². The van der Waals surface area contributed by atoms with Gasteiger partial charge in [-0.3, -0.25) is 0 Å². The third-order valence-corrected chi connectivity index (χ3v) is 3.83. The van der Waals surface area contributed by atoms with Crippen molar-refractivity contribution in [2.45, 2.75) is 0 Å². The number of benzene rings is 2. The first kappa shape index (κ1) is 12.0. The predicted molar refractivity (Wildman–Crippen MR) is 71.5 cm³/mol. The largest absolute Gasteiger partial charge is 0.494 e. The number of methoxy groups -OCH3 is 1.